The number of nitrogens with one attached hydrogen (secondary N) is 4. The molecule has 12 nitrogen and oxygen atoms in total. The summed E-state index contributed by atoms with van der Waals surface area (Å²) in [5, 5.41) is 9.47. The highest BCUT2D eigenvalue weighted by molar-refractivity contribution is 7.85. The maximum absolute atomic E-state index is 9.19. The maximum atomic E-state index is 9.19. The lowest BCUT2D eigenvalue weighted by Gasteiger charge is -2.37. The Morgan fingerprint density at radius 2 is 1.09 bits per heavy atom. The molecule has 0 bridgehead atoms. The maximum Gasteiger partial charge on any atom is 0.261 e. The molecule has 7 rings (SSSR count). The van der Waals surface area contributed by atoms with E-state index in [0.717, 1.165) is 37.9 Å². The fraction of sp³-hybridized carbons (Fsp3) is 0.400. The van der Waals surface area contributed by atoms with Crippen LogP contribution in [0.4, 0.5) is 0 Å². The van der Waals surface area contributed by atoms with Crippen molar-refractivity contribution in [2.45, 2.75) is 37.5 Å². The third-order valence-electron chi connectivity index (χ3n) is 8.00. The molecule has 2 aromatic heterocycles. The summed E-state index contributed by atoms with van der Waals surface area (Å²) in [5.41, 5.74) is 7.61. The van der Waals surface area contributed by atoms with Gasteiger partial charge in [0, 0.05) is 63.8 Å². The van der Waals surface area contributed by atoms with Crippen molar-refractivity contribution >= 4 is 53.7 Å². The van der Waals surface area contributed by atoms with Crippen molar-refractivity contribution in [2.24, 2.45) is 9.98 Å². The van der Waals surface area contributed by atoms with Crippen molar-refractivity contribution in [2.75, 3.05) is 38.7 Å². The molecule has 0 unspecified atom stereocenters. The van der Waals surface area contributed by atoms with Crippen LogP contribution in [0, 0.1) is 0 Å². The summed E-state index contributed by atoms with van der Waals surface area (Å²) in [5.74, 6) is 2.03. The van der Waals surface area contributed by atoms with Gasteiger partial charge in [0.1, 0.15) is 11.7 Å². The highest BCUT2D eigenvalue weighted by Crippen LogP contribution is 2.49. The number of rotatable bonds is 4. The first kappa shape index (κ1) is 31.7. The Labute approximate surface area is 257 Å². The van der Waals surface area contributed by atoms with Crippen LogP contribution in [-0.4, -0.2) is 86.3 Å². The van der Waals surface area contributed by atoms with Gasteiger partial charge in [-0.05, 0) is 36.1 Å². The van der Waals surface area contributed by atoms with Crippen LogP contribution in [0.25, 0.3) is 21.8 Å². The Bertz CT molecular complexity index is 1790. The number of amidine groups is 2. The van der Waals surface area contributed by atoms with Crippen molar-refractivity contribution in [1.82, 2.24) is 20.6 Å². The molecule has 0 atom stereocenters. The summed E-state index contributed by atoms with van der Waals surface area (Å²) in [6.07, 6.45) is 12.2. The number of nitrogens with zero attached hydrogens (tertiary/aromatic N) is 2. The van der Waals surface area contributed by atoms with Crippen LogP contribution >= 0.6 is 0 Å². The normalized spacial score (nSPS) is 17.9. The van der Waals surface area contributed by atoms with Crippen molar-refractivity contribution < 1.29 is 25.9 Å². The molecule has 0 radical (unpaired) electrons. The van der Waals surface area contributed by atoms with E-state index in [1.165, 1.54) is 76.2 Å². The zero-order valence-electron chi connectivity index (χ0n) is 24.7. The Kier molecular flexibility index (Phi) is 9.16. The van der Waals surface area contributed by atoms with E-state index < -0.39 is 20.2 Å². The monoisotopic (exact) mass is 642 g/mol. The Morgan fingerprint density at radius 3 is 1.45 bits per heavy atom. The number of benzene rings is 2. The fourth-order valence-corrected chi connectivity index (χ4v) is 6.36. The minimum atomic E-state index is -3.67. The van der Waals surface area contributed by atoms with E-state index in [1.54, 1.807) is 0 Å². The molecular formula is C30H38N6O6S2. The van der Waals surface area contributed by atoms with Gasteiger partial charge < -0.3 is 20.6 Å². The SMILES string of the molecule is CS(=O)(=O)O.CS(=O)(=O)O.c1cc2c(C3(c4c[nH]c5cc(C6=NCCN6)ccc45)CCCCC3)c[nH]c2cc1C1=NCCN1. The van der Waals surface area contributed by atoms with Gasteiger partial charge in [-0.2, -0.15) is 16.8 Å². The number of hydrogen-bond acceptors (Lipinski definition) is 8. The molecule has 6 N–H and O–H groups in total. The van der Waals surface area contributed by atoms with Crippen LogP contribution in [0.2, 0.25) is 0 Å². The van der Waals surface area contributed by atoms with Crippen molar-refractivity contribution in [1.29, 1.82) is 0 Å². The largest absolute Gasteiger partial charge is 0.368 e. The summed E-state index contributed by atoms with van der Waals surface area (Å²) in [6.45, 7) is 3.58. The second-order valence-corrected chi connectivity index (χ2v) is 14.3. The van der Waals surface area contributed by atoms with E-state index in [2.05, 4.69) is 79.4 Å². The summed E-state index contributed by atoms with van der Waals surface area (Å²) in [7, 11) is -7.33. The van der Waals surface area contributed by atoms with Gasteiger partial charge in [-0.1, -0.05) is 43.5 Å². The zero-order chi connectivity index (χ0) is 31.5. The lowest BCUT2D eigenvalue weighted by Crippen LogP contribution is -2.30. The second-order valence-electron chi connectivity index (χ2n) is 11.3. The first-order valence-corrected chi connectivity index (χ1v) is 18.2. The van der Waals surface area contributed by atoms with Crippen molar-refractivity contribution in [3.05, 3.63) is 71.0 Å². The molecule has 236 valence electrons. The number of hydrogen-bond donors (Lipinski definition) is 6. The summed E-state index contributed by atoms with van der Waals surface area (Å²) in [4.78, 5) is 16.4. The third-order valence-corrected chi connectivity index (χ3v) is 8.00. The van der Waals surface area contributed by atoms with Gasteiger partial charge in [0.15, 0.2) is 0 Å². The average Bonchev–Trinajstić information content (AvgIpc) is 3.78. The predicted molar refractivity (Wildman–Crippen MR) is 174 cm³/mol. The minimum Gasteiger partial charge on any atom is -0.368 e. The van der Waals surface area contributed by atoms with Crippen LogP contribution in [0.15, 0.2) is 58.8 Å². The molecule has 1 fully saturated rings. The Morgan fingerprint density at radius 1 is 0.682 bits per heavy atom. The lowest BCUT2D eigenvalue weighted by atomic mass is 9.65. The van der Waals surface area contributed by atoms with Crippen molar-refractivity contribution in [3.63, 3.8) is 0 Å². The quantitative estimate of drug-likeness (QED) is 0.182. The van der Waals surface area contributed by atoms with E-state index in [4.69, 9.17) is 9.11 Å². The summed E-state index contributed by atoms with van der Waals surface area (Å²) in [6, 6.07) is 13.6. The van der Waals surface area contributed by atoms with Gasteiger partial charge in [-0.3, -0.25) is 19.1 Å². The molecule has 0 saturated heterocycles. The number of H-pyrrole nitrogens is 2. The molecule has 4 heterocycles. The number of aliphatic imine (C=N–C) groups is 2. The summed E-state index contributed by atoms with van der Waals surface area (Å²) >= 11 is 0. The van der Waals surface area contributed by atoms with Gasteiger partial charge in [0.05, 0.1) is 25.6 Å². The van der Waals surface area contributed by atoms with Gasteiger partial charge in [0.25, 0.3) is 20.2 Å². The lowest BCUT2D eigenvalue weighted by molar-refractivity contribution is 0.350. The highest BCUT2D eigenvalue weighted by Gasteiger charge is 2.39. The van der Waals surface area contributed by atoms with E-state index >= 15 is 0 Å². The molecule has 44 heavy (non-hydrogen) atoms. The molecule has 1 saturated carbocycles. The first-order valence-electron chi connectivity index (χ1n) is 14.5. The number of aromatic nitrogens is 2. The molecule has 0 amide bonds. The topological polar surface area (TPSA) is 189 Å². The Balaban J connectivity index is 0.000000336. The molecule has 2 aliphatic heterocycles. The number of fused-ring (bicyclic) bond motifs is 2. The van der Waals surface area contributed by atoms with Gasteiger partial charge in [-0.25, -0.2) is 0 Å². The van der Waals surface area contributed by atoms with Crippen LogP contribution in [0.3, 0.4) is 0 Å². The van der Waals surface area contributed by atoms with Crippen LogP contribution < -0.4 is 10.6 Å². The van der Waals surface area contributed by atoms with Gasteiger partial charge in [0.2, 0.25) is 0 Å². The van der Waals surface area contributed by atoms with Crippen molar-refractivity contribution in [3.8, 4) is 0 Å². The van der Waals surface area contributed by atoms with Gasteiger partial charge in [-0.15, -0.1) is 0 Å². The average molecular weight is 643 g/mol. The molecule has 2 aromatic carbocycles. The van der Waals surface area contributed by atoms with Crippen LogP contribution in [0.5, 0.6) is 0 Å². The fourth-order valence-electron chi connectivity index (χ4n) is 6.36. The summed E-state index contributed by atoms with van der Waals surface area (Å²) < 4.78 is 51.7. The molecule has 1 aliphatic carbocycles. The third kappa shape index (κ3) is 7.49. The molecule has 14 heteroatoms. The predicted octanol–water partition coefficient (Wildman–Crippen LogP) is 3.61. The number of aromatic amines is 2. The van der Waals surface area contributed by atoms with E-state index in [0.29, 0.717) is 12.5 Å². The van der Waals surface area contributed by atoms with Crippen LogP contribution in [0.1, 0.15) is 54.4 Å². The zero-order valence-corrected chi connectivity index (χ0v) is 26.4. The van der Waals surface area contributed by atoms with E-state index in [9.17, 15) is 16.8 Å². The first-order chi connectivity index (χ1) is 20.8. The standard InChI is InChI=1S/C28H30N6.2CH4O3S/c1-2-8-28(9-3-1,22-16-33-24-14-18(4-6-20(22)24)26-29-10-11-30-26)23-17-34-25-15-19(5-7-21(23)25)27-31-12-13-32-27;2*1-5(2,3)4/h4-7,14-17,33-34H,1-3,8-13H2,(H,29,30)(H,31,32);2*1H3,(H,2,3,4). The molecule has 4 aromatic rings. The van der Waals surface area contributed by atoms with E-state index in [1.807, 2.05) is 0 Å². The second kappa shape index (κ2) is 12.7. The van der Waals surface area contributed by atoms with Crippen LogP contribution in [-0.2, 0) is 25.7 Å². The molecule has 3 aliphatic rings. The molecular weight excluding hydrogens is 605 g/mol. The van der Waals surface area contributed by atoms with Gasteiger partial charge >= 0.3 is 0 Å². The minimum absolute atomic E-state index is 0.0179. The molecule has 0 spiro atoms. The smallest absolute Gasteiger partial charge is 0.261 e. The highest BCUT2D eigenvalue weighted by atomic mass is 32.2. The Hall–Kier alpha value is -3.72. The van der Waals surface area contributed by atoms with E-state index in [-0.39, 0.29) is 5.41 Å².